The van der Waals surface area contributed by atoms with Crippen LogP contribution >= 0.6 is 0 Å². The van der Waals surface area contributed by atoms with E-state index in [2.05, 4.69) is 18.7 Å². The van der Waals surface area contributed by atoms with E-state index in [0.717, 1.165) is 38.1 Å². The molecule has 0 aromatic carbocycles. The summed E-state index contributed by atoms with van der Waals surface area (Å²) in [5.41, 5.74) is 5.81. The van der Waals surface area contributed by atoms with Crippen LogP contribution in [0, 0.1) is 11.3 Å². The van der Waals surface area contributed by atoms with Gasteiger partial charge in [-0.3, -0.25) is 4.79 Å². The molecule has 0 unspecified atom stereocenters. The number of rotatable bonds is 4. The van der Waals surface area contributed by atoms with Crippen molar-refractivity contribution >= 4 is 5.91 Å². The zero-order chi connectivity index (χ0) is 14.6. The fourth-order valence-corrected chi connectivity index (χ4v) is 4.08. The van der Waals surface area contributed by atoms with E-state index in [1.54, 1.807) is 0 Å². The standard InChI is InChI=1S/C17H32N2O/c1-3-19(15-7-5-4-6-8-15)16(20)17(13-18)11-9-14(2)10-12-17/h14-15H,3-13,18H2,1-2H3. The highest BCUT2D eigenvalue weighted by molar-refractivity contribution is 5.83. The first-order valence-electron chi connectivity index (χ1n) is 8.64. The van der Waals surface area contributed by atoms with Crippen LogP contribution < -0.4 is 5.73 Å². The van der Waals surface area contributed by atoms with Crippen LogP contribution in [0.25, 0.3) is 0 Å². The average molecular weight is 280 g/mol. The van der Waals surface area contributed by atoms with Gasteiger partial charge in [0.05, 0.1) is 5.41 Å². The van der Waals surface area contributed by atoms with Gasteiger partial charge in [0, 0.05) is 19.1 Å². The first-order chi connectivity index (χ1) is 9.63. The molecule has 3 heteroatoms. The summed E-state index contributed by atoms with van der Waals surface area (Å²) in [5.74, 6) is 1.12. The van der Waals surface area contributed by atoms with E-state index in [1.807, 2.05) is 0 Å². The Morgan fingerprint density at radius 1 is 1.15 bits per heavy atom. The minimum Gasteiger partial charge on any atom is -0.339 e. The van der Waals surface area contributed by atoms with Gasteiger partial charge in [-0.25, -0.2) is 0 Å². The maximum atomic E-state index is 13.1. The van der Waals surface area contributed by atoms with E-state index in [1.165, 1.54) is 32.1 Å². The Bertz CT molecular complexity index is 315. The van der Waals surface area contributed by atoms with Gasteiger partial charge < -0.3 is 10.6 Å². The summed E-state index contributed by atoms with van der Waals surface area (Å²) in [6, 6.07) is 0.476. The number of nitrogens with two attached hydrogens (primary N) is 1. The number of hydrogen-bond acceptors (Lipinski definition) is 2. The van der Waals surface area contributed by atoms with Crippen molar-refractivity contribution in [2.75, 3.05) is 13.1 Å². The van der Waals surface area contributed by atoms with Gasteiger partial charge in [-0.15, -0.1) is 0 Å². The first-order valence-corrected chi connectivity index (χ1v) is 8.64. The van der Waals surface area contributed by atoms with Crippen LogP contribution in [0.1, 0.15) is 71.6 Å². The third-order valence-electron chi connectivity index (χ3n) is 5.69. The smallest absolute Gasteiger partial charge is 0.230 e. The molecule has 2 N–H and O–H groups in total. The van der Waals surface area contributed by atoms with Crippen LogP contribution in [0.15, 0.2) is 0 Å². The van der Waals surface area contributed by atoms with Gasteiger partial charge in [0.2, 0.25) is 5.91 Å². The van der Waals surface area contributed by atoms with Crippen LogP contribution in [0.5, 0.6) is 0 Å². The summed E-state index contributed by atoms with van der Waals surface area (Å²) in [4.78, 5) is 15.3. The molecule has 0 atom stereocenters. The van der Waals surface area contributed by atoms with Crippen molar-refractivity contribution in [1.82, 2.24) is 4.90 Å². The summed E-state index contributed by atoms with van der Waals surface area (Å²) in [5, 5.41) is 0. The number of carbonyl (C=O) groups is 1. The molecular formula is C17H32N2O. The van der Waals surface area contributed by atoms with Crippen LogP contribution in [-0.4, -0.2) is 29.9 Å². The summed E-state index contributed by atoms with van der Waals surface area (Å²) < 4.78 is 0. The van der Waals surface area contributed by atoms with Crippen molar-refractivity contribution in [1.29, 1.82) is 0 Å². The van der Waals surface area contributed by atoms with Gasteiger partial charge in [0.25, 0.3) is 0 Å². The molecule has 0 radical (unpaired) electrons. The van der Waals surface area contributed by atoms with Crippen LogP contribution in [-0.2, 0) is 4.79 Å². The van der Waals surface area contributed by atoms with Gasteiger partial charge >= 0.3 is 0 Å². The molecule has 2 fully saturated rings. The van der Waals surface area contributed by atoms with Crippen molar-refractivity contribution in [3.63, 3.8) is 0 Å². The maximum Gasteiger partial charge on any atom is 0.230 e. The molecule has 2 aliphatic rings. The van der Waals surface area contributed by atoms with E-state index < -0.39 is 0 Å². The predicted molar refractivity (Wildman–Crippen MR) is 83.4 cm³/mol. The normalized spacial score (nSPS) is 32.0. The quantitative estimate of drug-likeness (QED) is 0.858. The highest BCUT2D eigenvalue weighted by Crippen LogP contribution is 2.40. The van der Waals surface area contributed by atoms with Crippen molar-refractivity contribution in [3.05, 3.63) is 0 Å². The van der Waals surface area contributed by atoms with Crippen LogP contribution in [0.4, 0.5) is 0 Å². The highest BCUT2D eigenvalue weighted by Gasteiger charge is 2.43. The molecule has 0 spiro atoms. The molecular weight excluding hydrogens is 248 g/mol. The van der Waals surface area contributed by atoms with Crippen LogP contribution in [0.2, 0.25) is 0 Å². The van der Waals surface area contributed by atoms with Gasteiger partial charge in [0.1, 0.15) is 0 Å². The molecule has 1 amide bonds. The maximum absolute atomic E-state index is 13.1. The van der Waals surface area contributed by atoms with E-state index in [0.29, 0.717) is 18.5 Å². The summed E-state index contributed by atoms with van der Waals surface area (Å²) >= 11 is 0. The zero-order valence-electron chi connectivity index (χ0n) is 13.4. The average Bonchev–Trinajstić information content (AvgIpc) is 2.50. The van der Waals surface area contributed by atoms with Crippen molar-refractivity contribution in [2.24, 2.45) is 17.1 Å². The largest absolute Gasteiger partial charge is 0.339 e. The van der Waals surface area contributed by atoms with Crippen molar-refractivity contribution in [3.8, 4) is 0 Å². The lowest BCUT2D eigenvalue weighted by Crippen LogP contribution is -2.53. The third kappa shape index (κ3) is 3.19. The lowest BCUT2D eigenvalue weighted by atomic mass is 9.69. The van der Waals surface area contributed by atoms with Crippen LogP contribution in [0.3, 0.4) is 0 Å². The third-order valence-corrected chi connectivity index (χ3v) is 5.69. The minimum atomic E-state index is -0.250. The van der Waals surface area contributed by atoms with E-state index in [4.69, 9.17) is 5.73 Å². The Hall–Kier alpha value is -0.570. The van der Waals surface area contributed by atoms with E-state index >= 15 is 0 Å². The molecule has 2 aliphatic carbocycles. The first kappa shape index (κ1) is 15.8. The Labute approximate surface area is 124 Å². The summed E-state index contributed by atoms with van der Waals surface area (Å²) in [6.45, 7) is 5.80. The Kier molecular flexibility index (Phi) is 5.48. The summed E-state index contributed by atoms with van der Waals surface area (Å²) in [7, 11) is 0. The SMILES string of the molecule is CCN(C(=O)C1(CN)CCC(C)CC1)C1CCCCC1. The van der Waals surface area contributed by atoms with Gasteiger partial charge in [-0.1, -0.05) is 26.2 Å². The van der Waals surface area contributed by atoms with Gasteiger partial charge in [-0.2, -0.15) is 0 Å². The molecule has 2 rings (SSSR count). The van der Waals surface area contributed by atoms with Crippen molar-refractivity contribution in [2.45, 2.75) is 77.7 Å². The Morgan fingerprint density at radius 3 is 2.25 bits per heavy atom. The molecule has 2 saturated carbocycles. The number of hydrogen-bond donors (Lipinski definition) is 1. The summed E-state index contributed by atoms with van der Waals surface area (Å²) in [6.07, 6.45) is 10.6. The molecule has 116 valence electrons. The molecule has 0 aromatic rings. The molecule has 0 saturated heterocycles. The number of carbonyl (C=O) groups excluding carboxylic acids is 1. The Morgan fingerprint density at radius 2 is 1.75 bits per heavy atom. The minimum absolute atomic E-state index is 0.250. The van der Waals surface area contributed by atoms with Gasteiger partial charge in [-0.05, 0) is 51.4 Å². The van der Waals surface area contributed by atoms with Crippen molar-refractivity contribution < 1.29 is 4.79 Å². The molecule has 3 nitrogen and oxygen atoms in total. The molecule has 0 heterocycles. The molecule has 0 aromatic heterocycles. The fourth-order valence-electron chi connectivity index (χ4n) is 4.08. The second kappa shape index (κ2) is 6.93. The second-order valence-electron chi connectivity index (χ2n) is 7.05. The highest BCUT2D eigenvalue weighted by atomic mass is 16.2. The lowest BCUT2D eigenvalue weighted by molar-refractivity contribution is -0.147. The lowest BCUT2D eigenvalue weighted by Gasteiger charge is -2.43. The zero-order valence-corrected chi connectivity index (χ0v) is 13.4. The fraction of sp³-hybridized carbons (Fsp3) is 0.941. The number of nitrogens with zero attached hydrogens (tertiary/aromatic N) is 1. The molecule has 0 aliphatic heterocycles. The molecule has 20 heavy (non-hydrogen) atoms. The predicted octanol–water partition coefficient (Wildman–Crippen LogP) is 3.32. The van der Waals surface area contributed by atoms with E-state index in [-0.39, 0.29) is 5.41 Å². The number of amides is 1. The van der Waals surface area contributed by atoms with E-state index in [9.17, 15) is 4.79 Å². The second-order valence-corrected chi connectivity index (χ2v) is 7.05. The Balaban J connectivity index is 2.09. The topological polar surface area (TPSA) is 46.3 Å². The monoisotopic (exact) mass is 280 g/mol. The molecule has 0 bridgehead atoms. The van der Waals surface area contributed by atoms with Gasteiger partial charge in [0.15, 0.2) is 0 Å².